The normalized spacial score (nSPS) is 10.6. The first-order chi connectivity index (χ1) is 10.6. The second kappa shape index (κ2) is 5.93. The number of rotatable bonds is 3. The second-order valence-corrected chi connectivity index (χ2v) is 5.18. The summed E-state index contributed by atoms with van der Waals surface area (Å²) in [4.78, 5) is 16.5. The zero-order chi connectivity index (χ0) is 15.5. The van der Waals surface area contributed by atoms with Gasteiger partial charge < -0.3 is 5.32 Å². The summed E-state index contributed by atoms with van der Waals surface area (Å²) in [7, 11) is 0. The van der Waals surface area contributed by atoms with Crippen molar-refractivity contribution in [1.29, 1.82) is 0 Å². The Labute approximate surface area is 127 Å². The highest BCUT2D eigenvalue weighted by Crippen LogP contribution is 2.24. The van der Waals surface area contributed by atoms with Gasteiger partial charge in [0, 0.05) is 11.6 Å². The molecule has 0 aliphatic heterocycles. The Kier molecular flexibility index (Phi) is 3.83. The summed E-state index contributed by atoms with van der Waals surface area (Å²) in [6, 6.07) is 13.5. The fraction of sp³-hybridized carbons (Fsp3) is 0.111. The smallest absolute Gasteiger partial charge is 0.228 e. The van der Waals surface area contributed by atoms with Gasteiger partial charge in [0.2, 0.25) is 5.91 Å². The Bertz CT molecular complexity index is 828. The maximum Gasteiger partial charge on any atom is 0.228 e. The highest BCUT2D eigenvalue weighted by atomic mass is 19.1. The van der Waals surface area contributed by atoms with Crippen LogP contribution in [0.25, 0.3) is 10.9 Å². The number of benzene rings is 2. The summed E-state index contributed by atoms with van der Waals surface area (Å²) in [6.45, 7) is 1.99. The summed E-state index contributed by atoms with van der Waals surface area (Å²) in [5.41, 5.74) is 3.45. The third-order valence-electron chi connectivity index (χ3n) is 3.52. The van der Waals surface area contributed by atoms with E-state index in [2.05, 4.69) is 10.3 Å². The summed E-state index contributed by atoms with van der Waals surface area (Å²) in [6.07, 6.45) is 1.94. The highest BCUT2D eigenvalue weighted by molar-refractivity contribution is 6.02. The van der Waals surface area contributed by atoms with Gasteiger partial charge in [0.05, 0.1) is 17.6 Å². The van der Waals surface area contributed by atoms with Crippen LogP contribution < -0.4 is 5.32 Å². The molecule has 0 atom stereocenters. The van der Waals surface area contributed by atoms with Crippen molar-refractivity contribution in [2.75, 3.05) is 5.32 Å². The van der Waals surface area contributed by atoms with E-state index < -0.39 is 0 Å². The SMILES string of the molecule is Cc1ccc(NC(=O)Cc2ccc(F)cc2)c2cccnc12. The first-order valence-electron chi connectivity index (χ1n) is 7.02. The van der Waals surface area contributed by atoms with Gasteiger partial charge in [-0.2, -0.15) is 0 Å². The molecule has 0 aliphatic carbocycles. The van der Waals surface area contributed by atoms with Crippen molar-refractivity contribution >= 4 is 22.5 Å². The van der Waals surface area contributed by atoms with Crippen LogP contribution in [0.1, 0.15) is 11.1 Å². The molecule has 0 fully saturated rings. The molecule has 0 unspecified atom stereocenters. The molecule has 0 saturated carbocycles. The Hall–Kier alpha value is -2.75. The second-order valence-electron chi connectivity index (χ2n) is 5.18. The summed E-state index contributed by atoms with van der Waals surface area (Å²) >= 11 is 0. The van der Waals surface area contributed by atoms with E-state index in [0.717, 1.165) is 27.7 Å². The number of halogens is 1. The summed E-state index contributed by atoms with van der Waals surface area (Å²) in [5, 5.41) is 3.81. The van der Waals surface area contributed by atoms with Gasteiger partial charge in [-0.25, -0.2) is 4.39 Å². The number of hydrogen-bond donors (Lipinski definition) is 1. The lowest BCUT2D eigenvalue weighted by molar-refractivity contribution is -0.115. The molecule has 0 bridgehead atoms. The van der Waals surface area contributed by atoms with Crippen LogP contribution in [0.4, 0.5) is 10.1 Å². The molecule has 2 aromatic carbocycles. The van der Waals surface area contributed by atoms with Crippen LogP contribution in [0.15, 0.2) is 54.7 Å². The van der Waals surface area contributed by atoms with Gasteiger partial charge in [-0.05, 0) is 48.4 Å². The molecule has 1 amide bonds. The van der Waals surface area contributed by atoms with E-state index in [1.54, 1.807) is 18.3 Å². The number of aryl methyl sites for hydroxylation is 1. The van der Waals surface area contributed by atoms with Crippen molar-refractivity contribution in [3.63, 3.8) is 0 Å². The predicted octanol–water partition coefficient (Wildman–Crippen LogP) is 3.86. The molecule has 3 nitrogen and oxygen atoms in total. The number of hydrogen-bond acceptors (Lipinski definition) is 2. The average Bonchev–Trinajstić information content (AvgIpc) is 2.53. The Morgan fingerprint density at radius 1 is 1.14 bits per heavy atom. The average molecular weight is 294 g/mol. The molecule has 0 radical (unpaired) electrons. The molecule has 0 saturated heterocycles. The van der Waals surface area contributed by atoms with E-state index in [1.165, 1.54) is 12.1 Å². The highest BCUT2D eigenvalue weighted by Gasteiger charge is 2.08. The van der Waals surface area contributed by atoms with Gasteiger partial charge in [-0.1, -0.05) is 18.2 Å². The number of nitrogens with one attached hydrogen (secondary N) is 1. The van der Waals surface area contributed by atoms with E-state index in [0.29, 0.717) is 0 Å². The van der Waals surface area contributed by atoms with E-state index >= 15 is 0 Å². The molecule has 3 aromatic rings. The van der Waals surface area contributed by atoms with Crippen LogP contribution in [-0.4, -0.2) is 10.9 Å². The monoisotopic (exact) mass is 294 g/mol. The molecule has 0 spiro atoms. The number of pyridine rings is 1. The van der Waals surface area contributed by atoms with Gasteiger partial charge in [-0.15, -0.1) is 0 Å². The van der Waals surface area contributed by atoms with Crippen LogP contribution in [0, 0.1) is 12.7 Å². The molecule has 1 aromatic heterocycles. The van der Waals surface area contributed by atoms with E-state index in [4.69, 9.17) is 0 Å². The fourth-order valence-electron chi connectivity index (χ4n) is 2.40. The van der Waals surface area contributed by atoms with Crippen molar-refractivity contribution in [3.8, 4) is 0 Å². The Morgan fingerprint density at radius 3 is 2.68 bits per heavy atom. The van der Waals surface area contributed by atoms with Gasteiger partial charge in [0.15, 0.2) is 0 Å². The van der Waals surface area contributed by atoms with Crippen LogP contribution in [0.2, 0.25) is 0 Å². The van der Waals surface area contributed by atoms with E-state index in [1.807, 2.05) is 31.2 Å². The molecule has 1 N–H and O–H groups in total. The summed E-state index contributed by atoms with van der Waals surface area (Å²) < 4.78 is 12.9. The topological polar surface area (TPSA) is 42.0 Å². The number of amides is 1. The minimum absolute atomic E-state index is 0.138. The van der Waals surface area contributed by atoms with Crippen LogP contribution in [0.3, 0.4) is 0 Å². The van der Waals surface area contributed by atoms with Crippen molar-refractivity contribution < 1.29 is 9.18 Å². The Balaban J connectivity index is 1.82. The molecule has 3 rings (SSSR count). The minimum atomic E-state index is -0.306. The Morgan fingerprint density at radius 2 is 1.91 bits per heavy atom. The van der Waals surface area contributed by atoms with E-state index in [-0.39, 0.29) is 18.1 Å². The quantitative estimate of drug-likeness (QED) is 0.797. The fourth-order valence-corrected chi connectivity index (χ4v) is 2.40. The molecule has 1 heterocycles. The van der Waals surface area contributed by atoms with Gasteiger partial charge in [0.1, 0.15) is 5.82 Å². The lowest BCUT2D eigenvalue weighted by Crippen LogP contribution is -2.14. The summed E-state index contributed by atoms with van der Waals surface area (Å²) in [5.74, 6) is -0.444. The van der Waals surface area contributed by atoms with E-state index in [9.17, 15) is 9.18 Å². The molecular formula is C18H15FN2O. The third kappa shape index (κ3) is 2.96. The van der Waals surface area contributed by atoms with Crippen LogP contribution >= 0.6 is 0 Å². The van der Waals surface area contributed by atoms with Crippen molar-refractivity contribution in [2.24, 2.45) is 0 Å². The number of aromatic nitrogens is 1. The van der Waals surface area contributed by atoms with Gasteiger partial charge >= 0.3 is 0 Å². The number of carbonyl (C=O) groups excluding carboxylic acids is 1. The molecular weight excluding hydrogens is 279 g/mol. The standard InChI is InChI=1S/C18H15FN2O/c1-12-4-9-16(15-3-2-10-20-18(12)15)21-17(22)11-13-5-7-14(19)8-6-13/h2-10H,11H2,1H3,(H,21,22). The van der Waals surface area contributed by atoms with Gasteiger partial charge in [0.25, 0.3) is 0 Å². The number of carbonyl (C=O) groups is 1. The minimum Gasteiger partial charge on any atom is -0.325 e. The van der Waals surface area contributed by atoms with Crippen molar-refractivity contribution in [2.45, 2.75) is 13.3 Å². The number of nitrogens with zero attached hydrogens (tertiary/aromatic N) is 1. The molecule has 110 valence electrons. The maximum absolute atomic E-state index is 12.9. The maximum atomic E-state index is 12.9. The lowest BCUT2D eigenvalue weighted by Gasteiger charge is -2.10. The van der Waals surface area contributed by atoms with Crippen molar-refractivity contribution in [1.82, 2.24) is 4.98 Å². The first-order valence-corrected chi connectivity index (χ1v) is 7.02. The van der Waals surface area contributed by atoms with Crippen LogP contribution in [0.5, 0.6) is 0 Å². The third-order valence-corrected chi connectivity index (χ3v) is 3.52. The molecule has 0 aliphatic rings. The molecule has 22 heavy (non-hydrogen) atoms. The first kappa shape index (κ1) is 14.2. The van der Waals surface area contributed by atoms with Crippen molar-refractivity contribution in [3.05, 3.63) is 71.7 Å². The zero-order valence-corrected chi connectivity index (χ0v) is 12.1. The predicted molar refractivity (Wildman–Crippen MR) is 85.2 cm³/mol. The number of anilines is 1. The zero-order valence-electron chi connectivity index (χ0n) is 12.1. The molecule has 4 heteroatoms. The van der Waals surface area contributed by atoms with Crippen LogP contribution in [-0.2, 0) is 11.2 Å². The lowest BCUT2D eigenvalue weighted by atomic mass is 10.1. The number of fused-ring (bicyclic) bond motifs is 1. The van der Waals surface area contributed by atoms with Gasteiger partial charge in [-0.3, -0.25) is 9.78 Å². The largest absolute Gasteiger partial charge is 0.325 e.